The fraction of sp³-hybridized carbons (Fsp3) is 0.250. The minimum absolute atomic E-state index is 0.0981. The van der Waals surface area contributed by atoms with Gasteiger partial charge in [0.2, 0.25) is 0 Å². The molecule has 0 heterocycles. The summed E-state index contributed by atoms with van der Waals surface area (Å²) in [4.78, 5) is 0. The molecule has 0 spiro atoms. The number of benzene rings is 2. The van der Waals surface area contributed by atoms with Crippen molar-refractivity contribution in [2.45, 2.75) is 19.3 Å². The molecule has 18 heavy (non-hydrogen) atoms. The summed E-state index contributed by atoms with van der Waals surface area (Å²) in [5.74, 6) is 0. The maximum absolute atomic E-state index is 5.87. The summed E-state index contributed by atoms with van der Waals surface area (Å²) < 4.78 is 0. The first-order valence-corrected chi connectivity index (χ1v) is 6.51. The molecule has 0 aromatic heterocycles. The Bertz CT molecular complexity index is 488. The zero-order valence-electron chi connectivity index (χ0n) is 10.8. The molecule has 2 aromatic carbocycles. The molecular formula is C16H18ClN. The van der Waals surface area contributed by atoms with E-state index in [0.717, 1.165) is 17.3 Å². The minimum atomic E-state index is 0.0981. The predicted molar refractivity (Wildman–Crippen MR) is 79.4 cm³/mol. The highest BCUT2D eigenvalue weighted by Gasteiger charge is 2.19. The van der Waals surface area contributed by atoms with Crippen molar-refractivity contribution >= 4 is 17.3 Å². The quantitative estimate of drug-likeness (QED) is 0.837. The zero-order chi connectivity index (χ0) is 13.0. The average Bonchev–Trinajstić information content (AvgIpc) is 2.39. The summed E-state index contributed by atoms with van der Waals surface area (Å²) in [5, 5.41) is 4.22. The summed E-state index contributed by atoms with van der Waals surface area (Å²) in [7, 11) is 0. The van der Waals surface area contributed by atoms with Crippen molar-refractivity contribution in [2.24, 2.45) is 0 Å². The smallest absolute Gasteiger partial charge is 0.0407 e. The highest BCUT2D eigenvalue weighted by molar-refractivity contribution is 6.30. The average molecular weight is 260 g/mol. The molecule has 2 aromatic rings. The largest absolute Gasteiger partial charge is 0.384 e. The van der Waals surface area contributed by atoms with Gasteiger partial charge in [-0.15, -0.1) is 0 Å². The van der Waals surface area contributed by atoms with Gasteiger partial charge in [0.05, 0.1) is 0 Å². The van der Waals surface area contributed by atoms with Gasteiger partial charge in [-0.1, -0.05) is 55.8 Å². The minimum Gasteiger partial charge on any atom is -0.384 e. The van der Waals surface area contributed by atoms with Crippen molar-refractivity contribution in [1.29, 1.82) is 0 Å². The summed E-state index contributed by atoms with van der Waals surface area (Å²) in [5.41, 5.74) is 2.54. The highest BCUT2D eigenvalue weighted by atomic mass is 35.5. The molecule has 2 heteroatoms. The van der Waals surface area contributed by atoms with E-state index in [-0.39, 0.29) is 5.41 Å². The van der Waals surface area contributed by atoms with E-state index >= 15 is 0 Å². The van der Waals surface area contributed by atoms with Crippen LogP contribution in [0.4, 0.5) is 5.69 Å². The number of nitrogens with one attached hydrogen (secondary N) is 1. The molecule has 0 saturated carbocycles. The van der Waals surface area contributed by atoms with Crippen molar-refractivity contribution in [3.63, 3.8) is 0 Å². The van der Waals surface area contributed by atoms with Crippen LogP contribution >= 0.6 is 11.6 Å². The van der Waals surface area contributed by atoms with Gasteiger partial charge in [0.15, 0.2) is 0 Å². The van der Waals surface area contributed by atoms with Crippen LogP contribution in [0.25, 0.3) is 0 Å². The van der Waals surface area contributed by atoms with Gasteiger partial charge in [-0.3, -0.25) is 0 Å². The standard InChI is InChI=1S/C16H18ClN/c1-16(2,13-6-4-3-5-7-13)12-18-15-10-8-14(17)9-11-15/h3-11,18H,12H2,1-2H3. The number of hydrogen-bond acceptors (Lipinski definition) is 1. The van der Waals surface area contributed by atoms with Gasteiger partial charge in [0.25, 0.3) is 0 Å². The summed E-state index contributed by atoms with van der Waals surface area (Å²) in [6, 6.07) is 18.4. The Morgan fingerprint density at radius 2 is 1.56 bits per heavy atom. The number of halogens is 1. The van der Waals surface area contributed by atoms with Gasteiger partial charge in [-0.05, 0) is 29.8 Å². The Balaban J connectivity index is 2.03. The van der Waals surface area contributed by atoms with Crippen LogP contribution < -0.4 is 5.32 Å². The second-order valence-corrected chi connectivity index (χ2v) is 5.55. The van der Waals surface area contributed by atoms with Gasteiger partial charge >= 0.3 is 0 Å². The van der Waals surface area contributed by atoms with E-state index in [1.54, 1.807) is 0 Å². The third-order valence-corrected chi connectivity index (χ3v) is 3.39. The van der Waals surface area contributed by atoms with E-state index in [1.165, 1.54) is 5.56 Å². The molecule has 0 saturated heterocycles. The monoisotopic (exact) mass is 259 g/mol. The fourth-order valence-electron chi connectivity index (χ4n) is 1.88. The van der Waals surface area contributed by atoms with Crippen LogP contribution in [-0.2, 0) is 5.41 Å². The molecule has 0 fully saturated rings. The summed E-state index contributed by atoms with van der Waals surface area (Å²) in [6.45, 7) is 5.37. The normalized spacial score (nSPS) is 11.3. The molecule has 0 bridgehead atoms. The molecule has 0 aliphatic rings. The zero-order valence-corrected chi connectivity index (χ0v) is 11.5. The van der Waals surface area contributed by atoms with Gasteiger partial charge in [-0.2, -0.15) is 0 Å². The van der Waals surface area contributed by atoms with Crippen LogP contribution in [0, 0.1) is 0 Å². The Labute approximate surface area is 114 Å². The van der Waals surface area contributed by atoms with Crippen molar-refractivity contribution in [3.05, 3.63) is 65.2 Å². The molecule has 0 amide bonds. The molecule has 1 nitrogen and oxygen atoms in total. The third kappa shape index (κ3) is 3.27. The van der Waals surface area contributed by atoms with Gasteiger partial charge < -0.3 is 5.32 Å². The van der Waals surface area contributed by atoms with Crippen LogP contribution in [0.15, 0.2) is 54.6 Å². The molecule has 0 aliphatic carbocycles. The molecule has 94 valence electrons. The van der Waals surface area contributed by atoms with Crippen LogP contribution in [-0.4, -0.2) is 6.54 Å². The van der Waals surface area contributed by atoms with Crippen molar-refractivity contribution in [2.75, 3.05) is 11.9 Å². The van der Waals surface area contributed by atoms with Crippen LogP contribution in [0.5, 0.6) is 0 Å². The maximum atomic E-state index is 5.87. The lowest BCUT2D eigenvalue weighted by Gasteiger charge is -2.26. The number of hydrogen-bond donors (Lipinski definition) is 1. The van der Waals surface area contributed by atoms with Crippen molar-refractivity contribution < 1.29 is 0 Å². The Morgan fingerprint density at radius 1 is 0.944 bits per heavy atom. The summed E-state index contributed by atoms with van der Waals surface area (Å²) >= 11 is 5.87. The third-order valence-electron chi connectivity index (χ3n) is 3.13. The lowest BCUT2D eigenvalue weighted by Crippen LogP contribution is -2.27. The second kappa shape index (κ2) is 5.45. The lowest BCUT2D eigenvalue weighted by molar-refractivity contribution is 0.557. The molecule has 0 unspecified atom stereocenters. The highest BCUT2D eigenvalue weighted by Crippen LogP contribution is 2.23. The van der Waals surface area contributed by atoms with E-state index in [2.05, 4.69) is 43.4 Å². The van der Waals surface area contributed by atoms with Crippen LogP contribution in [0.2, 0.25) is 5.02 Å². The molecule has 1 N–H and O–H groups in total. The van der Waals surface area contributed by atoms with E-state index in [1.807, 2.05) is 30.3 Å². The van der Waals surface area contributed by atoms with Crippen LogP contribution in [0.3, 0.4) is 0 Å². The Morgan fingerprint density at radius 3 is 2.17 bits per heavy atom. The van der Waals surface area contributed by atoms with Gasteiger partial charge in [0, 0.05) is 22.7 Å². The van der Waals surface area contributed by atoms with E-state index < -0.39 is 0 Å². The van der Waals surface area contributed by atoms with Gasteiger partial charge in [-0.25, -0.2) is 0 Å². The first-order chi connectivity index (χ1) is 8.58. The first-order valence-electron chi connectivity index (χ1n) is 6.13. The Kier molecular flexibility index (Phi) is 3.93. The topological polar surface area (TPSA) is 12.0 Å². The summed E-state index contributed by atoms with van der Waals surface area (Å²) in [6.07, 6.45) is 0. The van der Waals surface area contributed by atoms with Crippen LogP contribution in [0.1, 0.15) is 19.4 Å². The second-order valence-electron chi connectivity index (χ2n) is 5.11. The molecule has 2 rings (SSSR count). The van der Waals surface area contributed by atoms with Crippen molar-refractivity contribution in [3.8, 4) is 0 Å². The van der Waals surface area contributed by atoms with Crippen molar-refractivity contribution in [1.82, 2.24) is 0 Å². The predicted octanol–water partition coefficient (Wildman–Crippen LogP) is 4.73. The van der Waals surface area contributed by atoms with E-state index in [9.17, 15) is 0 Å². The molecule has 0 atom stereocenters. The number of anilines is 1. The fourth-order valence-corrected chi connectivity index (χ4v) is 2.01. The Hall–Kier alpha value is -1.47. The SMILES string of the molecule is CC(C)(CNc1ccc(Cl)cc1)c1ccccc1. The number of rotatable bonds is 4. The maximum Gasteiger partial charge on any atom is 0.0407 e. The van der Waals surface area contributed by atoms with Gasteiger partial charge in [0.1, 0.15) is 0 Å². The molecule has 0 aliphatic heterocycles. The van der Waals surface area contributed by atoms with E-state index in [4.69, 9.17) is 11.6 Å². The first kappa shape index (κ1) is 13.0. The molecule has 0 radical (unpaired) electrons. The molecular weight excluding hydrogens is 242 g/mol. The lowest BCUT2D eigenvalue weighted by atomic mass is 9.84. The van der Waals surface area contributed by atoms with E-state index in [0.29, 0.717) is 0 Å².